The summed E-state index contributed by atoms with van der Waals surface area (Å²) in [4.78, 5) is 28.0. The molecule has 2 aromatic rings. The van der Waals surface area contributed by atoms with Crippen LogP contribution in [0.15, 0.2) is 64.5 Å². The second-order valence-electron chi connectivity index (χ2n) is 4.71. The van der Waals surface area contributed by atoms with E-state index in [0.717, 1.165) is 5.56 Å². The van der Waals surface area contributed by atoms with E-state index >= 15 is 0 Å². The largest absolute Gasteiger partial charge is 0.478 e. The number of nitrogens with one attached hydrogen (secondary N) is 1. The van der Waals surface area contributed by atoms with Gasteiger partial charge in [-0.3, -0.25) is 4.79 Å². The lowest BCUT2D eigenvalue weighted by atomic mass is 10.2. The van der Waals surface area contributed by atoms with Crippen molar-refractivity contribution in [2.45, 2.75) is 0 Å². The van der Waals surface area contributed by atoms with Crippen molar-refractivity contribution in [1.29, 1.82) is 0 Å². The van der Waals surface area contributed by atoms with Crippen LogP contribution in [0.1, 0.15) is 15.9 Å². The molecule has 0 radical (unpaired) electrons. The number of nitrogens with zero attached hydrogens (tertiary/aromatic N) is 1. The number of amidine groups is 1. The first-order valence-corrected chi connectivity index (χ1v) is 7.62. The molecule has 0 aliphatic carbocycles. The van der Waals surface area contributed by atoms with Crippen molar-refractivity contribution < 1.29 is 14.7 Å². The highest BCUT2D eigenvalue weighted by atomic mass is 32.2. The van der Waals surface area contributed by atoms with Crippen molar-refractivity contribution in [3.05, 3.63) is 70.6 Å². The average molecular weight is 324 g/mol. The fraction of sp³-hybridized carbons (Fsp3) is 0. The first-order chi connectivity index (χ1) is 11.1. The van der Waals surface area contributed by atoms with Crippen LogP contribution in [0.5, 0.6) is 0 Å². The third-order valence-electron chi connectivity index (χ3n) is 3.10. The number of carboxylic acids is 1. The van der Waals surface area contributed by atoms with E-state index in [1.807, 2.05) is 30.3 Å². The third-order valence-corrected chi connectivity index (χ3v) is 4.01. The van der Waals surface area contributed by atoms with Gasteiger partial charge in [0.05, 0.1) is 16.2 Å². The minimum atomic E-state index is -1.06. The number of aromatic carboxylic acids is 1. The molecule has 1 aliphatic rings. The molecule has 0 aromatic heterocycles. The monoisotopic (exact) mass is 324 g/mol. The van der Waals surface area contributed by atoms with Crippen LogP contribution in [0.2, 0.25) is 0 Å². The Labute approximate surface area is 136 Å². The van der Waals surface area contributed by atoms with Gasteiger partial charge < -0.3 is 10.4 Å². The highest BCUT2D eigenvalue weighted by Crippen LogP contribution is 2.29. The van der Waals surface area contributed by atoms with Gasteiger partial charge in [0.15, 0.2) is 5.17 Å². The number of carbonyl (C=O) groups is 2. The number of hydrogen-bond acceptors (Lipinski definition) is 4. The molecule has 23 heavy (non-hydrogen) atoms. The lowest BCUT2D eigenvalue weighted by Gasteiger charge is -2.00. The number of amides is 1. The Morgan fingerprint density at radius 3 is 2.52 bits per heavy atom. The smallest absolute Gasteiger partial charge is 0.337 e. The topological polar surface area (TPSA) is 78.8 Å². The van der Waals surface area contributed by atoms with Crippen molar-refractivity contribution in [3.8, 4) is 0 Å². The Kier molecular flexibility index (Phi) is 4.25. The first-order valence-electron chi connectivity index (χ1n) is 6.80. The minimum absolute atomic E-state index is 0.0929. The molecule has 6 heteroatoms. The number of rotatable bonds is 3. The van der Waals surface area contributed by atoms with Crippen LogP contribution in [-0.2, 0) is 4.79 Å². The fourth-order valence-corrected chi connectivity index (χ4v) is 2.88. The Balaban J connectivity index is 1.88. The number of benzene rings is 2. The highest BCUT2D eigenvalue weighted by molar-refractivity contribution is 8.18. The average Bonchev–Trinajstić information content (AvgIpc) is 2.88. The maximum absolute atomic E-state index is 12.0. The summed E-state index contributed by atoms with van der Waals surface area (Å²) in [5.41, 5.74) is 1.32. The Morgan fingerprint density at radius 1 is 1.09 bits per heavy atom. The predicted molar refractivity (Wildman–Crippen MR) is 90.6 cm³/mol. The van der Waals surface area contributed by atoms with E-state index in [1.165, 1.54) is 17.8 Å². The SMILES string of the molecule is O=C1NC(=Nc2ccccc2C(=O)O)S/C1=C/c1ccccc1. The molecule has 0 spiro atoms. The summed E-state index contributed by atoms with van der Waals surface area (Å²) in [6.07, 6.45) is 1.77. The molecule has 0 atom stereocenters. The molecular weight excluding hydrogens is 312 g/mol. The number of carbonyl (C=O) groups excluding carboxylic acids is 1. The second kappa shape index (κ2) is 6.50. The zero-order chi connectivity index (χ0) is 16.2. The Hall–Kier alpha value is -2.86. The zero-order valence-corrected chi connectivity index (χ0v) is 12.7. The maximum Gasteiger partial charge on any atom is 0.337 e. The molecule has 2 aromatic carbocycles. The van der Waals surface area contributed by atoms with E-state index in [0.29, 0.717) is 15.8 Å². The van der Waals surface area contributed by atoms with E-state index in [4.69, 9.17) is 5.11 Å². The summed E-state index contributed by atoms with van der Waals surface area (Å²) >= 11 is 1.19. The normalized spacial score (nSPS) is 17.5. The molecule has 1 saturated heterocycles. The number of thioether (sulfide) groups is 1. The van der Waals surface area contributed by atoms with E-state index < -0.39 is 5.97 Å². The summed E-state index contributed by atoms with van der Waals surface area (Å²) in [5.74, 6) is -1.30. The van der Waals surface area contributed by atoms with Crippen molar-refractivity contribution in [1.82, 2.24) is 5.32 Å². The van der Waals surface area contributed by atoms with E-state index in [-0.39, 0.29) is 11.5 Å². The molecule has 0 bridgehead atoms. The molecular formula is C17H12N2O3S. The molecule has 5 nitrogen and oxygen atoms in total. The molecule has 0 saturated carbocycles. The summed E-state index contributed by atoms with van der Waals surface area (Å²) in [6.45, 7) is 0. The summed E-state index contributed by atoms with van der Waals surface area (Å²) in [6, 6.07) is 15.9. The van der Waals surface area contributed by atoms with E-state index in [9.17, 15) is 9.59 Å². The molecule has 2 N–H and O–H groups in total. The van der Waals surface area contributed by atoms with Crippen LogP contribution >= 0.6 is 11.8 Å². The maximum atomic E-state index is 12.0. The fourth-order valence-electron chi connectivity index (χ4n) is 2.04. The van der Waals surface area contributed by atoms with E-state index in [1.54, 1.807) is 24.3 Å². The molecule has 3 rings (SSSR count). The van der Waals surface area contributed by atoms with Crippen molar-refractivity contribution >= 4 is 40.6 Å². The van der Waals surface area contributed by atoms with Gasteiger partial charge in [-0.15, -0.1) is 0 Å². The standard InChI is InChI=1S/C17H12N2O3S/c20-15-14(10-11-6-2-1-3-7-11)23-17(19-15)18-13-9-5-4-8-12(13)16(21)22/h1-10H,(H,21,22)(H,18,19,20)/b14-10+. The first kappa shape index (κ1) is 15.1. The van der Waals surface area contributed by atoms with Crippen molar-refractivity contribution in [2.75, 3.05) is 0 Å². The summed E-state index contributed by atoms with van der Waals surface area (Å²) in [7, 11) is 0. The Morgan fingerprint density at radius 2 is 1.78 bits per heavy atom. The lowest BCUT2D eigenvalue weighted by Crippen LogP contribution is -2.19. The lowest BCUT2D eigenvalue weighted by molar-refractivity contribution is -0.115. The van der Waals surface area contributed by atoms with Crippen molar-refractivity contribution in [3.63, 3.8) is 0 Å². The van der Waals surface area contributed by atoms with E-state index in [2.05, 4.69) is 10.3 Å². The van der Waals surface area contributed by atoms with Crippen LogP contribution in [0.25, 0.3) is 6.08 Å². The molecule has 114 valence electrons. The minimum Gasteiger partial charge on any atom is -0.478 e. The highest BCUT2D eigenvalue weighted by Gasteiger charge is 2.24. The molecule has 1 heterocycles. The molecule has 1 fully saturated rings. The predicted octanol–water partition coefficient (Wildman–Crippen LogP) is 3.28. The molecule has 1 amide bonds. The number of para-hydroxylation sites is 1. The van der Waals surface area contributed by atoms with Crippen LogP contribution in [0.4, 0.5) is 5.69 Å². The zero-order valence-electron chi connectivity index (χ0n) is 11.9. The van der Waals surface area contributed by atoms with Gasteiger partial charge in [-0.25, -0.2) is 9.79 Å². The Bertz CT molecular complexity index is 829. The number of carboxylic acid groups (broad SMARTS) is 1. The van der Waals surface area contributed by atoms with Gasteiger partial charge in [0.2, 0.25) is 0 Å². The summed E-state index contributed by atoms with van der Waals surface area (Å²) in [5, 5.41) is 12.2. The van der Waals surface area contributed by atoms with Gasteiger partial charge in [0.1, 0.15) is 0 Å². The van der Waals surface area contributed by atoms with Gasteiger partial charge >= 0.3 is 5.97 Å². The quantitative estimate of drug-likeness (QED) is 0.849. The van der Waals surface area contributed by atoms with Gasteiger partial charge in [0, 0.05) is 0 Å². The van der Waals surface area contributed by atoms with Crippen LogP contribution in [0.3, 0.4) is 0 Å². The van der Waals surface area contributed by atoms with Crippen LogP contribution < -0.4 is 5.32 Å². The second-order valence-corrected chi connectivity index (χ2v) is 5.75. The number of aliphatic imine (C=N–C) groups is 1. The third kappa shape index (κ3) is 3.49. The van der Waals surface area contributed by atoms with Crippen LogP contribution in [0, 0.1) is 0 Å². The molecule has 1 aliphatic heterocycles. The number of hydrogen-bond donors (Lipinski definition) is 2. The van der Waals surface area contributed by atoms with Crippen molar-refractivity contribution in [2.24, 2.45) is 4.99 Å². The van der Waals surface area contributed by atoms with Gasteiger partial charge in [-0.1, -0.05) is 42.5 Å². The molecule has 0 unspecified atom stereocenters. The van der Waals surface area contributed by atoms with Gasteiger partial charge in [-0.2, -0.15) is 0 Å². The van der Waals surface area contributed by atoms with Crippen LogP contribution in [-0.4, -0.2) is 22.2 Å². The summed E-state index contributed by atoms with van der Waals surface area (Å²) < 4.78 is 0. The van der Waals surface area contributed by atoms with Gasteiger partial charge in [0.25, 0.3) is 5.91 Å². The van der Waals surface area contributed by atoms with Gasteiger partial charge in [-0.05, 0) is 35.5 Å².